The Bertz CT molecular complexity index is 409. The Morgan fingerprint density at radius 1 is 1.50 bits per heavy atom. The number of H-pyrrole nitrogens is 1. The van der Waals surface area contributed by atoms with Crippen molar-refractivity contribution in [3.63, 3.8) is 0 Å². The number of aromatic nitrogens is 2. The smallest absolute Gasteiger partial charge is 0.251 e. The zero-order valence-electron chi connectivity index (χ0n) is 9.02. The van der Waals surface area contributed by atoms with E-state index in [0.29, 0.717) is 6.54 Å². The molecule has 16 heavy (non-hydrogen) atoms. The van der Waals surface area contributed by atoms with E-state index in [1.54, 1.807) is 23.3 Å². The Morgan fingerprint density at radius 2 is 2.38 bits per heavy atom. The summed E-state index contributed by atoms with van der Waals surface area (Å²) in [4.78, 5) is 2.81. The van der Waals surface area contributed by atoms with Crippen LogP contribution in [0.15, 0.2) is 18.7 Å². The summed E-state index contributed by atoms with van der Waals surface area (Å²) in [7, 11) is -3.24. The highest BCUT2D eigenvalue weighted by Crippen LogP contribution is 2.03. The van der Waals surface area contributed by atoms with Gasteiger partial charge in [-0.2, -0.15) is 0 Å². The molecule has 7 heteroatoms. The lowest BCUT2D eigenvalue weighted by Crippen LogP contribution is -2.44. The van der Waals surface area contributed by atoms with E-state index >= 15 is 0 Å². The Hall–Kier alpha value is -0.920. The third-order valence-corrected chi connectivity index (χ3v) is 3.88. The predicted molar refractivity (Wildman–Crippen MR) is 58.9 cm³/mol. The fourth-order valence-corrected chi connectivity index (χ4v) is 2.90. The SMILES string of the molecule is O=S(=O)(C[n+]1cc[nH]c1)NC[C@@H]1CCCN1. The lowest BCUT2D eigenvalue weighted by Gasteiger charge is -2.10. The van der Waals surface area contributed by atoms with Crippen LogP contribution in [-0.4, -0.2) is 32.5 Å². The Morgan fingerprint density at radius 3 is 3.00 bits per heavy atom. The van der Waals surface area contributed by atoms with Crippen LogP contribution >= 0.6 is 0 Å². The molecule has 0 spiro atoms. The molecule has 2 rings (SSSR count). The first-order valence-electron chi connectivity index (χ1n) is 5.38. The first kappa shape index (κ1) is 11.6. The minimum Gasteiger partial charge on any atom is -0.313 e. The standard InChI is InChI=1S/C9H16N4O2S/c14-16(15,8-13-5-4-10-7-13)12-6-9-2-1-3-11-9/h4-5,7,9,11-12H,1-3,6,8H2/p+1/t9-/m0/s1. The molecule has 1 aliphatic heterocycles. The molecule has 3 N–H and O–H groups in total. The normalized spacial score (nSPS) is 21.4. The zero-order chi connectivity index (χ0) is 11.4. The van der Waals surface area contributed by atoms with Crippen molar-refractivity contribution in [2.45, 2.75) is 24.8 Å². The summed E-state index contributed by atoms with van der Waals surface area (Å²) in [5.41, 5.74) is 0. The quantitative estimate of drug-likeness (QED) is 0.578. The largest absolute Gasteiger partial charge is 0.313 e. The molecule has 1 aromatic heterocycles. The van der Waals surface area contributed by atoms with E-state index in [9.17, 15) is 8.42 Å². The van der Waals surface area contributed by atoms with Crippen LogP contribution in [0.2, 0.25) is 0 Å². The second kappa shape index (κ2) is 4.94. The van der Waals surface area contributed by atoms with Crippen LogP contribution < -0.4 is 14.6 Å². The summed E-state index contributed by atoms with van der Waals surface area (Å²) in [5, 5.41) is 3.25. The predicted octanol–water partition coefficient (Wildman–Crippen LogP) is -1.07. The van der Waals surface area contributed by atoms with Crippen molar-refractivity contribution in [3.05, 3.63) is 18.7 Å². The molecule has 2 heterocycles. The van der Waals surface area contributed by atoms with Gasteiger partial charge in [-0.25, -0.2) is 17.7 Å². The topological polar surface area (TPSA) is 77.9 Å². The molecular weight excluding hydrogens is 228 g/mol. The molecule has 1 aromatic rings. The molecule has 0 radical (unpaired) electrons. The molecular formula is C9H17N4O2S+. The number of aromatic amines is 1. The highest BCUT2D eigenvalue weighted by molar-refractivity contribution is 7.88. The average molecular weight is 245 g/mol. The molecule has 1 aliphatic rings. The third kappa shape index (κ3) is 3.29. The molecule has 0 saturated carbocycles. The van der Waals surface area contributed by atoms with Gasteiger partial charge in [-0.05, 0) is 19.4 Å². The lowest BCUT2D eigenvalue weighted by molar-refractivity contribution is -0.676. The molecule has 90 valence electrons. The first-order valence-corrected chi connectivity index (χ1v) is 7.03. The van der Waals surface area contributed by atoms with Gasteiger partial charge >= 0.3 is 0 Å². The molecule has 6 nitrogen and oxygen atoms in total. The maximum absolute atomic E-state index is 11.7. The average Bonchev–Trinajstić information content (AvgIpc) is 2.85. The van der Waals surface area contributed by atoms with Gasteiger partial charge in [-0.1, -0.05) is 0 Å². The fraction of sp³-hybridized carbons (Fsp3) is 0.667. The minimum absolute atomic E-state index is 0.0385. The molecule has 0 unspecified atom stereocenters. The van der Waals surface area contributed by atoms with Gasteiger partial charge < -0.3 is 5.32 Å². The summed E-state index contributed by atoms with van der Waals surface area (Å²) in [5.74, 6) is -0.0385. The van der Waals surface area contributed by atoms with Gasteiger partial charge in [0.1, 0.15) is 12.4 Å². The monoisotopic (exact) mass is 245 g/mol. The van der Waals surface area contributed by atoms with Gasteiger partial charge in [0.05, 0.1) is 0 Å². The van der Waals surface area contributed by atoms with Gasteiger partial charge in [-0.3, -0.25) is 4.98 Å². The Balaban J connectivity index is 1.83. The third-order valence-electron chi connectivity index (χ3n) is 2.63. The van der Waals surface area contributed by atoms with E-state index in [-0.39, 0.29) is 11.9 Å². The number of nitrogens with one attached hydrogen (secondary N) is 3. The van der Waals surface area contributed by atoms with Crippen molar-refractivity contribution >= 4 is 10.0 Å². The number of hydrogen-bond acceptors (Lipinski definition) is 3. The second-order valence-electron chi connectivity index (χ2n) is 4.01. The second-order valence-corrected chi connectivity index (χ2v) is 5.79. The molecule has 0 aromatic carbocycles. The highest BCUT2D eigenvalue weighted by Gasteiger charge is 2.19. The van der Waals surface area contributed by atoms with Crippen molar-refractivity contribution in [3.8, 4) is 0 Å². The van der Waals surface area contributed by atoms with E-state index in [4.69, 9.17) is 0 Å². The number of nitrogens with zero attached hydrogens (tertiary/aromatic N) is 1. The Kier molecular flexibility index (Phi) is 3.57. The van der Waals surface area contributed by atoms with Crippen LogP contribution in [0.25, 0.3) is 0 Å². The van der Waals surface area contributed by atoms with Crippen molar-refractivity contribution in [2.24, 2.45) is 0 Å². The van der Waals surface area contributed by atoms with Crippen molar-refractivity contribution < 1.29 is 13.0 Å². The Labute approximate surface area is 95.1 Å². The van der Waals surface area contributed by atoms with Crippen LogP contribution in [0.5, 0.6) is 0 Å². The molecule has 0 amide bonds. The lowest BCUT2D eigenvalue weighted by atomic mass is 10.2. The highest BCUT2D eigenvalue weighted by atomic mass is 32.2. The maximum Gasteiger partial charge on any atom is 0.251 e. The van der Waals surface area contributed by atoms with Crippen LogP contribution in [-0.2, 0) is 15.9 Å². The molecule has 0 bridgehead atoms. The first-order chi connectivity index (χ1) is 7.66. The van der Waals surface area contributed by atoms with E-state index in [1.165, 1.54) is 0 Å². The summed E-state index contributed by atoms with van der Waals surface area (Å²) in [6.07, 6.45) is 7.16. The molecule has 1 atom stereocenters. The zero-order valence-corrected chi connectivity index (χ0v) is 9.83. The van der Waals surface area contributed by atoms with Crippen LogP contribution in [0, 0.1) is 0 Å². The van der Waals surface area contributed by atoms with Crippen molar-refractivity contribution in [2.75, 3.05) is 13.1 Å². The van der Waals surface area contributed by atoms with Gasteiger partial charge in [0.15, 0.2) is 0 Å². The minimum atomic E-state index is -3.24. The van der Waals surface area contributed by atoms with Crippen LogP contribution in [0.4, 0.5) is 0 Å². The van der Waals surface area contributed by atoms with E-state index in [1.807, 2.05) is 0 Å². The molecule has 1 saturated heterocycles. The number of imidazole rings is 1. The van der Waals surface area contributed by atoms with Gasteiger partial charge in [0, 0.05) is 12.6 Å². The summed E-state index contributed by atoms with van der Waals surface area (Å²) in [6.45, 7) is 1.46. The van der Waals surface area contributed by atoms with Gasteiger partial charge in [-0.15, -0.1) is 0 Å². The number of sulfonamides is 1. The van der Waals surface area contributed by atoms with Crippen LogP contribution in [0.3, 0.4) is 0 Å². The number of rotatable bonds is 5. The van der Waals surface area contributed by atoms with Crippen LogP contribution in [0.1, 0.15) is 12.8 Å². The van der Waals surface area contributed by atoms with Crippen molar-refractivity contribution in [1.29, 1.82) is 0 Å². The summed E-state index contributed by atoms with van der Waals surface area (Å²) >= 11 is 0. The van der Waals surface area contributed by atoms with Crippen molar-refractivity contribution in [1.82, 2.24) is 15.0 Å². The molecule has 0 aliphatic carbocycles. The van der Waals surface area contributed by atoms with E-state index in [0.717, 1.165) is 19.4 Å². The van der Waals surface area contributed by atoms with E-state index < -0.39 is 10.0 Å². The number of hydrogen-bond donors (Lipinski definition) is 3. The van der Waals surface area contributed by atoms with E-state index in [2.05, 4.69) is 15.0 Å². The summed E-state index contributed by atoms with van der Waals surface area (Å²) < 4.78 is 27.6. The summed E-state index contributed by atoms with van der Waals surface area (Å²) in [6, 6.07) is 0.283. The van der Waals surface area contributed by atoms with Gasteiger partial charge in [0.2, 0.25) is 12.2 Å². The fourth-order valence-electron chi connectivity index (χ4n) is 1.80. The maximum atomic E-state index is 11.7. The molecule has 1 fully saturated rings. The van der Waals surface area contributed by atoms with Gasteiger partial charge in [0.25, 0.3) is 10.0 Å².